The van der Waals surface area contributed by atoms with Gasteiger partial charge in [-0.25, -0.2) is 4.79 Å². The van der Waals surface area contributed by atoms with E-state index in [1.165, 1.54) is 14.0 Å². The van der Waals surface area contributed by atoms with Gasteiger partial charge in [0.25, 0.3) is 0 Å². The molecule has 1 atom stereocenters. The molecular weight excluding hydrogens is 396 g/mol. The standard InChI is InChI=1S/C21H21ClN2O5/c1-12(25)23-11-19(26)24-10-17-8-16-7-15(9-18(22)20(16)29-17)13-4-3-5-14(6-13)21(27)28-2/h3-7,9,17H,8,10-11H2,1-2H3,(H,23,25)(H,24,26). The van der Waals surface area contributed by atoms with Crippen LogP contribution in [0.3, 0.4) is 0 Å². The third kappa shape index (κ3) is 5.06. The van der Waals surface area contributed by atoms with Gasteiger partial charge in [0, 0.05) is 18.9 Å². The van der Waals surface area contributed by atoms with Crippen molar-refractivity contribution >= 4 is 29.4 Å². The van der Waals surface area contributed by atoms with Crippen molar-refractivity contribution in [2.24, 2.45) is 0 Å². The lowest BCUT2D eigenvalue weighted by molar-refractivity contribution is -0.125. The van der Waals surface area contributed by atoms with Gasteiger partial charge in [-0.05, 0) is 35.4 Å². The van der Waals surface area contributed by atoms with Gasteiger partial charge in [0.2, 0.25) is 11.8 Å². The number of hydrogen-bond acceptors (Lipinski definition) is 5. The van der Waals surface area contributed by atoms with Gasteiger partial charge >= 0.3 is 5.97 Å². The summed E-state index contributed by atoms with van der Waals surface area (Å²) in [6, 6.07) is 10.9. The topological polar surface area (TPSA) is 93.7 Å². The highest BCUT2D eigenvalue weighted by Crippen LogP contribution is 2.39. The summed E-state index contributed by atoms with van der Waals surface area (Å²) in [7, 11) is 1.34. The van der Waals surface area contributed by atoms with Crippen LogP contribution in [0.5, 0.6) is 5.75 Å². The highest BCUT2D eigenvalue weighted by molar-refractivity contribution is 6.32. The number of rotatable bonds is 6. The van der Waals surface area contributed by atoms with Gasteiger partial charge in [0.05, 0.1) is 30.8 Å². The maximum atomic E-state index is 11.8. The number of esters is 1. The molecule has 0 fully saturated rings. The van der Waals surface area contributed by atoms with Crippen LogP contribution in [0, 0.1) is 0 Å². The molecule has 0 radical (unpaired) electrons. The van der Waals surface area contributed by atoms with Crippen molar-refractivity contribution in [2.75, 3.05) is 20.2 Å². The van der Waals surface area contributed by atoms with Crippen molar-refractivity contribution in [3.05, 3.63) is 52.5 Å². The highest BCUT2D eigenvalue weighted by Gasteiger charge is 2.26. The molecule has 2 N–H and O–H groups in total. The number of ether oxygens (including phenoxy) is 2. The Morgan fingerprint density at radius 2 is 1.97 bits per heavy atom. The Kier molecular flexibility index (Phi) is 6.39. The molecule has 0 bridgehead atoms. The van der Waals surface area contributed by atoms with E-state index < -0.39 is 5.97 Å². The number of methoxy groups -OCH3 is 1. The van der Waals surface area contributed by atoms with Crippen molar-refractivity contribution in [2.45, 2.75) is 19.4 Å². The maximum Gasteiger partial charge on any atom is 0.337 e. The molecule has 0 spiro atoms. The number of nitrogens with one attached hydrogen (secondary N) is 2. The highest BCUT2D eigenvalue weighted by atomic mass is 35.5. The molecule has 1 aliphatic heterocycles. The molecule has 0 saturated heterocycles. The van der Waals surface area contributed by atoms with E-state index >= 15 is 0 Å². The van der Waals surface area contributed by atoms with Crippen LogP contribution in [0.2, 0.25) is 5.02 Å². The van der Waals surface area contributed by atoms with Crippen molar-refractivity contribution in [1.29, 1.82) is 0 Å². The van der Waals surface area contributed by atoms with E-state index in [9.17, 15) is 14.4 Å². The second-order valence-electron chi connectivity index (χ2n) is 6.68. The minimum atomic E-state index is -0.405. The summed E-state index contributed by atoms with van der Waals surface area (Å²) < 4.78 is 10.6. The quantitative estimate of drug-likeness (QED) is 0.705. The monoisotopic (exact) mass is 416 g/mol. The number of fused-ring (bicyclic) bond motifs is 1. The molecule has 2 aromatic rings. The van der Waals surface area contributed by atoms with Crippen molar-refractivity contribution in [3.8, 4) is 16.9 Å². The summed E-state index contributed by atoms with van der Waals surface area (Å²) in [5.74, 6) is -0.357. The molecule has 7 nitrogen and oxygen atoms in total. The van der Waals surface area contributed by atoms with E-state index in [1.54, 1.807) is 24.3 Å². The fourth-order valence-corrected chi connectivity index (χ4v) is 3.39. The van der Waals surface area contributed by atoms with Crippen molar-refractivity contribution in [1.82, 2.24) is 10.6 Å². The molecule has 2 amide bonds. The van der Waals surface area contributed by atoms with Crippen LogP contribution >= 0.6 is 11.6 Å². The number of amides is 2. The van der Waals surface area contributed by atoms with Gasteiger partial charge in [0.15, 0.2) is 0 Å². The average Bonchev–Trinajstić information content (AvgIpc) is 3.14. The maximum absolute atomic E-state index is 11.8. The lowest BCUT2D eigenvalue weighted by Gasteiger charge is -2.12. The molecule has 29 heavy (non-hydrogen) atoms. The van der Waals surface area contributed by atoms with E-state index in [0.29, 0.717) is 29.3 Å². The first-order valence-corrected chi connectivity index (χ1v) is 9.44. The summed E-state index contributed by atoms with van der Waals surface area (Å²) in [6.07, 6.45) is 0.334. The first kappa shape index (κ1) is 20.7. The van der Waals surface area contributed by atoms with Crippen LogP contribution < -0.4 is 15.4 Å². The molecule has 1 heterocycles. The van der Waals surface area contributed by atoms with Crippen LogP contribution in [0.15, 0.2) is 36.4 Å². The molecule has 1 aliphatic rings. The van der Waals surface area contributed by atoms with Gasteiger partial charge in [-0.2, -0.15) is 0 Å². The predicted octanol–water partition coefficient (Wildman–Crippen LogP) is 2.35. The van der Waals surface area contributed by atoms with Gasteiger partial charge in [-0.1, -0.05) is 23.7 Å². The van der Waals surface area contributed by atoms with E-state index in [-0.39, 0.29) is 24.5 Å². The number of benzene rings is 2. The zero-order valence-corrected chi connectivity index (χ0v) is 16.8. The molecule has 8 heteroatoms. The molecule has 3 rings (SSSR count). The van der Waals surface area contributed by atoms with Gasteiger partial charge in [0.1, 0.15) is 11.9 Å². The summed E-state index contributed by atoms with van der Waals surface area (Å²) in [6.45, 7) is 1.58. The second-order valence-corrected chi connectivity index (χ2v) is 7.08. The summed E-state index contributed by atoms with van der Waals surface area (Å²) >= 11 is 6.42. The largest absolute Gasteiger partial charge is 0.486 e. The minimum absolute atomic E-state index is 0.0730. The third-order valence-corrected chi connectivity index (χ3v) is 4.78. The predicted molar refractivity (Wildman–Crippen MR) is 108 cm³/mol. The third-order valence-electron chi connectivity index (χ3n) is 4.49. The van der Waals surface area contributed by atoms with E-state index in [2.05, 4.69) is 10.6 Å². The summed E-state index contributed by atoms with van der Waals surface area (Å²) in [5, 5.41) is 5.64. The summed E-state index contributed by atoms with van der Waals surface area (Å²) in [5.41, 5.74) is 3.08. The minimum Gasteiger partial charge on any atom is -0.486 e. The Bertz CT molecular complexity index is 960. The van der Waals surface area contributed by atoms with Gasteiger partial charge in [-0.3, -0.25) is 9.59 Å². The Morgan fingerprint density at radius 3 is 2.69 bits per heavy atom. The molecule has 2 aromatic carbocycles. The molecule has 0 aliphatic carbocycles. The fraction of sp³-hybridized carbons (Fsp3) is 0.286. The number of carbonyl (C=O) groups excluding carboxylic acids is 3. The molecule has 1 unspecified atom stereocenters. The lowest BCUT2D eigenvalue weighted by atomic mass is 9.99. The SMILES string of the molecule is COC(=O)c1cccc(-c2cc(Cl)c3c(c2)CC(CNC(=O)CNC(C)=O)O3)c1. The molecule has 152 valence electrons. The van der Waals surface area contributed by atoms with Crippen LogP contribution in [0.4, 0.5) is 0 Å². The van der Waals surface area contributed by atoms with Crippen LogP contribution in [-0.4, -0.2) is 44.1 Å². The molecular formula is C21H21ClN2O5. The number of halogens is 1. The zero-order chi connectivity index (χ0) is 21.0. The average molecular weight is 417 g/mol. The Morgan fingerprint density at radius 1 is 1.17 bits per heavy atom. The van der Waals surface area contributed by atoms with Crippen LogP contribution in [-0.2, 0) is 20.7 Å². The van der Waals surface area contributed by atoms with Crippen molar-refractivity contribution in [3.63, 3.8) is 0 Å². The van der Waals surface area contributed by atoms with Crippen molar-refractivity contribution < 1.29 is 23.9 Å². The van der Waals surface area contributed by atoms with E-state index in [0.717, 1.165) is 16.7 Å². The molecule has 0 saturated carbocycles. The van der Waals surface area contributed by atoms with E-state index in [1.807, 2.05) is 12.1 Å². The number of hydrogen-bond donors (Lipinski definition) is 2. The second kappa shape index (κ2) is 8.96. The Hall–Kier alpha value is -3.06. The smallest absolute Gasteiger partial charge is 0.337 e. The zero-order valence-electron chi connectivity index (χ0n) is 16.1. The number of carbonyl (C=O) groups is 3. The normalized spacial score (nSPS) is 14.5. The first-order valence-electron chi connectivity index (χ1n) is 9.06. The fourth-order valence-electron chi connectivity index (χ4n) is 3.11. The first-order chi connectivity index (χ1) is 13.9. The lowest BCUT2D eigenvalue weighted by Crippen LogP contribution is -2.40. The van der Waals surface area contributed by atoms with Crippen LogP contribution in [0.1, 0.15) is 22.8 Å². The molecule has 0 aromatic heterocycles. The van der Waals surface area contributed by atoms with Gasteiger partial charge in [-0.15, -0.1) is 0 Å². The van der Waals surface area contributed by atoms with E-state index in [4.69, 9.17) is 21.1 Å². The van der Waals surface area contributed by atoms with Crippen LogP contribution in [0.25, 0.3) is 11.1 Å². The van der Waals surface area contributed by atoms with Gasteiger partial charge < -0.3 is 20.1 Å². The Labute approximate surface area is 173 Å². The summed E-state index contributed by atoms with van der Waals surface area (Å²) in [4.78, 5) is 34.4. The Balaban J connectivity index is 1.70.